The number of carbonyl (C=O) groups excluding carboxylic acids is 1. The Morgan fingerprint density at radius 3 is 2.75 bits per heavy atom. The van der Waals surface area contributed by atoms with Gasteiger partial charge in [-0.2, -0.15) is 0 Å². The van der Waals surface area contributed by atoms with Gasteiger partial charge in [0.15, 0.2) is 11.5 Å². The van der Waals surface area contributed by atoms with Gasteiger partial charge in [0, 0.05) is 41.3 Å². The Morgan fingerprint density at radius 1 is 1.16 bits per heavy atom. The number of nitro groups is 1. The van der Waals surface area contributed by atoms with Gasteiger partial charge in [0.1, 0.15) is 12.3 Å². The number of imidazole rings is 1. The standard InChI is InChI=1S/C23H20N4O5/c1-15-18(6-5-7-19(15)27(29)30)23(28)25-16-9-10-20(31-2)21(12-16)32-14-17-13-26-11-4-3-8-22(26)24-17/h3-13H,14H2,1-2H3,(H,25,28). The summed E-state index contributed by atoms with van der Waals surface area (Å²) in [5, 5.41) is 13.9. The summed E-state index contributed by atoms with van der Waals surface area (Å²) in [6.07, 6.45) is 3.77. The van der Waals surface area contributed by atoms with E-state index in [1.807, 2.05) is 35.0 Å². The lowest BCUT2D eigenvalue weighted by atomic mass is 10.1. The van der Waals surface area contributed by atoms with Crippen LogP contribution in [0.3, 0.4) is 0 Å². The number of pyridine rings is 1. The number of fused-ring (bicyclic) bond motifs is 1. The third-order valence-corrected chi connectivity index (χ3v) is 4.96. The number of rotatable bonds is 7. The summed E-state index contributed by atoms with van der Waals surface area (Å²) >= 11 is 0. The van der Waals surface area contributed by atoms with Gasteiger partial charge in [-0.05, 0) is 37.3 Å². The Hall–Kier alpha value is -4.40. The summed E-state index contributed by atoms with van der Waals surface area (Å²) in [6, 6.07) is 15.1. The summed E-state index contributed by atoms with van der Waals surface area (Å²) < 4.78 is 13.2. The van der Waals surface area contributed by atoms with Gasteiger partial charge in [-0.1, -0.05) is 12.1 Å². The second-order valence-corrected chi connectivity index (χ2v) is 7.01. The SMILES string of the molecule is COc1ccc(NC(=O)c2cccc([N+](=O)[O-])c2C)cc1OCc1cn2ccccc2n1. The molecule has 2 heterocycles. The van der Waals surface area contributed by atoms with Crippen molar-refractivity contribution < 1.29 is 19.2 Å². The number of aromatic nitrogens is 2. The molecule has 0 aliphatic rings. The fourth-order valence-corrected chi connectivity index (χ4v) is 3.34. The quantitative estimate of drug-likeness (QED) is 0.343. The Balaban J connectivity index is 1.53. The lowest BCUT2D eigenvalue weighted by Gasteiger charge is -2.13. The highest BCUT2D eigenvalue weighted by atomic mass is 16.6. The fraction of sp³-hybridized carbons (Fsp3) is 0.130. The van der Waals surface area contributed by atoms with Crippen molar-refractivity contribution in [2.75, 3.05) is 12.4 Å². The minimum Gasteiger partial charge on any atom is -0.493 e. The van der Waals surface area contributed by atoms with Crippen LogP contribution in [-0.2, 0) is 6.61 Å². The van der Waals surface area contributed by atoms with E-state index in [0.717, 1.165) is 11.3 Å². The highest BCUT2D eigenvalue weighted by molar-refractivity contribution is 6.06. The molecule has 1 amide bonds. The first kappa shape index (κ1) is 20.9. The van der Waals surface area contributed by atoms with Crippen molar-refractivity contribution in [2.45, 2.75) is 13.5 Å². The van der Waals surface area contributed by atoms with Crippen molar-refractivity contribution in [3.63, 3.8) is 0 Å². The number of nitrogens with zero attached hydrogens (tertiary/aromatic N) is 3. The molecule has 9 heteroatoms. The number of nitrogens with one attached hydrogen (secondary N) is 1. The Bertz CT molecular complexity index is 1280. The first-order chi connectivity index (χ1) is 15.5. The number of nitro benzene ring substituents is 1. The Morgan fingerprint density at radius 2 is 2.00 bits per heavy atom. The maximum absolute atomic E-state index is 12.7. The summed E-state index contributed by atoms with van der Waals surface area (Å²) in [6.45, 7) is 1.75. The van der Waals surface area contributed by atoms with Crippen molar-refractivity contribution in [2.24, 2.45) is 0 Å². The number of amides is 1. The maximum atomic E-state index is 12.7. The molecule has 32 heavy (non-hydrogen) atoms. The highest BCUT2D eigenvalue weighted by Gasteiger charge is 2.18. The zero-order valence-corrected chi connectivity index (χ0v) is 17.4. The van der Waals surface area contributed by atoms with Crippen LogP contribution in [0.1, 0.15) is 21.6 Å². The van der Waals surface area contributed by atoms with Crippen LogP contribution < -0.4 is 14.8 Å². The normalized spacial score (nSPS) is 10.7. The molecule has 0 saturated carbocycles. The zero-order chi connectivity index (χ0) is 22.7. The van der Waals surface area contributed by atoms with E-state index >= 15 is 0 Å². The number of hydrogen-bond donors (Lipinski definition) is 1. The van der Waals surface area contributed by atoms with Crippen LogP contribution in [0.2, 0.25) is 0 Å². The Labute approximate surface area is 183 Å². The third-order valence-electron chi connectivity index (χ3n) is 4.96. The van der Waals surface area contributed by atoms with Gasteiger partial charge < -0.3 is 19.2 Å². The molecule has 162 valence electrons. The highest BCUT2D eigenvalue weighted by Crippen LogP contribution is 2.31. The molecule has 1 N–H and O–H groups in total. The Kier molecular flexibility index (Phi) is 5.71. The lowest BCUT2D eigenvalue weighted by Crippen LogP contribution is -2.14. The zero-order valence-electron chi connectivity index (χ0n) is 17.4. The predicted molar refractivity (Wildman–Crippen MR) is 118 cm³/mol. The maximum Gasteiger partial charge on any atom is 0.273 e. The van der Waals surface area contributed by atoms with Gasteiger partial charge in [-0.3, -0.25) is 14.9 Å². The minimum absolute atomic E-state index is 0.108. The molecule has 0 atom stereocenters. The molecule has 9 nitrogen and oxygen atoms in total. The first-order valence-electron chi connectivity index (χ1n) is 9.75. The van der Waals surface area contributed by atoms with E-state index in [9.17, 15) is 14.9 Å². The molecule has 0 bridgehead atoms. The summed E-state index contributed by atoms with van der Waals surface area (Å²) in [4.78, 5) is 27.9. The minimum atomic E-state index is -0.509. The summed E-state index contributed by atoms with van der Waals surface area (Å²) in [5.74, 6) is 0.471. The summed E-state index contributed by atoms with van der Waals surface area (Å²) in [5.41, 5.74) is 2.43. The van der Waals surface area contributed by atoms with E-state index in [2.05, 4.69) is 10.3 Å². The average Bonchev–Trinajstić information content (AvgIpc) is 3.20. The largest absolute Gasteiger partial charge is 0.493 e. The third kappa shape index (κ3) is 4.22. The molecule has 2 aromatic heterocycles. The van der Waals surface area contributed by atoms with Crippen molar-refractivity contribution in [3.05, 3.63) is 93.9 Å². The second-order valence-electron chi connectivity index (χ2n) is 7.01. The van der Waals surface area contributed by atoms with Gasteiger partial charge in [0.05, 0.1) is 17.7 Å². The molecule has 0 aliphatic carbocycles. The number of benzene rings is 2. The van der Waals surface area contributed by atoms with Gasteiger partial charge >= 0.3 is 0 Å². The number of carbonyl (C=O) groups is 1. The molecule has 0 aliphatic heterocycles. The lowest BCUT2D eigenvalue weighted by molar-refractivity contribution is -0.385. The van der Waals surface area contributed by atoms with Crippen LogP contribution in [0.5, 0.6) is 11.5 Å². The topological polar surface area (TPSA) is 108 Å². The first-order valence-corrected chi connectivity index (χ1v) is 9.75. The fourth-order valence-electron chi connectivity index (χ4n) is 3.34. The van der Waals surface area contributed by atoms with Gasteiger partial charge in [-0.25, -0.2) is 4.98 Å². The van der Waals surface area contributed by atoms with E-state index in [1.54, 1.807) is 31.2 Å². The van der Waals surface area contributed by atoms with Crippen molar-refractivity contribution in [1.29, 1.82) is 0 Å². The van der Waals surface area contributed by atoms with E-state index in [4.69, 9.17) is 9.47 Å². The smallest absolute Gasteiger partial charge is 0.273 e. The molecule has 4 rings (SSSR count). The molecular formula is C23H20N4O5. The number of methoxy groups -OCH3 is 1. The number of ether oxygens (including phenoxy) is 2. The van der Waals surface area contributed by atoms with Gasteiger partial charge in [0.25, 0.3) is 11.6 Å². The van der Waals surface area contributed by atoms with Crippen LogP contribution in [0.15, 0.2) is 67.0 Å². The van der Waals surface area contributed by atoms with Crippen molar-refractivity contribution >= 4 is 22.9 Å². The molecule has 0 radical (unpaired) electrons. The molecule has 2 aromatic carbocycles. The second kappa shape index (κ2) is 8.76. The molecular weight excluding hydrogens is 412 g/mol. The molecule has 0 saturated heterocycles. The van der Waals surface area contributed by atoms with Crippen molar-refractivity contribution in [1.82, 2.24) is 9.38 Å². The molecule has 0 spiro atoms. The monoisotopic (exact) mass is 432 g/mol. The number of anilines is 1. The van der Waals surface area contributed by atoms with Crippen LogP contribution in [0, 0.1) is 17.0 Å². The number of hydrogen-bond acceptors (Lipinski definition) is 6. The average molecular weight is 432 g/mol. The predicted octanol–water partition coefficient (Wildman–Crippen LogP) is 4.39. The van der Waals surface area contributed by atoms with E-state index in [-0.39, 0.29) is 17.9 Å². The molecule has 4 aromatic rings. The summed E-state index contributed by atoms with van der Waals surface area (Å²) in [7, 11) is 1.53. The molecule has 0 unspecified atom stereocenters. The van der Waals surface area contributed by atoms with E-state index in [0.29, 0.717) is 22.7 Å². The van der Waals surface area contributed by atoms with Crippen molar-refractivity contribution in [3.8, 4) is 11.5 Å². The van der Waals surface area contributed by atoms with Gasteiger partial charge in [0.2, 0.25) is 0 Å². The van der Waals surface area contributed by atoms with Crippen LogP contribution in [-0.4, -0.2) is 27.3 Å². The van der Waals surface area contributed by atoms with Crippen LogP contribution >= 0.6 is 0 Å². The van der Waals surface area contributed by atoms with Gasteiger partial charge in [-0.15, -0.1) is 0 Å². The van der Waals surface area contributed by atoms with Crippen LogP contribution in [0.4, 0.5) is 11.4 Å². The van der Waals surface area contributed by atoms with E-state index < -0.39 is 10.8 Å². The van der Waals surface area contributed by atoms with Crippen LogP contribution in [0.25, 0.3) is 5.65 Å². The van der Waals surface area contributed by atoms with E-state index in [1.165, 1.54) is 19.2 Å². The molecule has 0 fully saturated rings.